The lowest BCUT2D eigenvalue weighted by atomic mass is 9.94. The first-order chi connectivity index (χ1) is 9.04. The maximum Gasteiger partial charge on any atom is 0.0244 e. The van der Waals surface area contributed by atoms with Gasteiger partial charge in [0.15, 0.2) is 0 Å². The van der Waals surface area contributed by atoms with E-state index in [9.17, 15) is 0 Å². The van der Waals surface area contributed by atoms with Gasteiger partial charge in [-0.1, -0.05) is 17.7 Å². The zero-order chi connectivity index (χ0) is 13.6. The first-order valence-electron chi connectivity index (χ1n) is 7.62. The van der Waals surface area contributed by atoms with Gasteiger partial charge in [0.05, 0.1) is 0 Å². The highest BCUT2D eigenvalue weighted by atomic mass is 15.2. The summed E-state index contributed by atoms with van der Waals surface area (Å²) in [5.74, 6) is 0. The number of rotatable bonds is 2. The minimum atomic E-state index is 0.439. The first kappa shape index (κ1) is 13.1. The van der Waals surface area contributed by atoms with Crippen LogP contribution in [-0.4, -0.2) is 23.0 Å². The van der Waals surface area contributed by atoms with Crippen LogP contribution in [0, 0.1) is 20.8 Å². The molecule has 0 spiro atoms. The molecule has 2 N–H and O–H groups in total. The van der Waals surface area contributed by atoms with E-state index in [0.29, 0.717) is 6.04 Å². The lowest BCUT2D eigenvalue weighted by Gasteiger charge is -2.38. The van der Waals surface area contributed by atoms with Crippen molar-refractivity contribution < 1.29 is 0 Å². The Balaban J connectivity index is 1.83. The van der Waals surface area contributed by atoms with Crippen LogP contribution in [0.15, 0.2) is 12.1 Å². The van der Waals surface area contributed by atoms with Crippen molar-refractivity contribution in [3.05, 3.63) is 34.4 Å². The molecule has 19 heavy (non-hydrogen) atoms. The Kier molecular flexibility index (Phi) is 3.40. The Morgan fingerprint density at radius 3 is 2.11 bits per heavy atom. The van der Waals surface area contributed by atoms with Crippen LogP contribution in [-0.2, 0) is 6.54 Å². The summed E-state index contributed by atoms with van der Waals surface area (Å²) in [5, 5.41) is 0. The molecule has 2 aliphatic rings. The highest BCUT2D eigenvalue weighted by molar-refractivity contribution is 5.37. The molecule has 2 nitrogen and oxygen atoms in total. The fourth-order valence-electron chi connectivity index (χ4n) is 4.22. The molecule has 2 unspecified atom stereocenters. The molecule has 104 valence electrons. The molecule has 1 aromatic rings. The first-order valence-corrected chi connectivity index (χ1v) is 7.62. The number of piperidine rings is 1. The summed E-state index contributed by atoms with van der Waals surface area (Å²) in [7, 11) is 0. The number of hydrogen-bond acceptors (Lipinski definition) is 2. The molecule has 2 heterocycles. The van der Waals surface area contributed by atoms with Gasteiger partial charge in [-0.15, -0.1) is 0 Å². The van der Waals surface area contributed by atoms with Crippen LogP contribution in [0.25, 0.3) is 0 Å². The van der Waals surface area contributed by atoms with E-state index in [4.69, 9.17) is 5.73 Å². The monoisotopic (exact) mass is 258 g/mol. The third-order valence-corrected chi connectivity index (χ3v) is 5.10. The Morgan fingerprint density at radius 1 is 1.05 bits per heavy atom. The van der Waals surface area contributed by atoms with Crippen molar-refractivity contribution in [3.63, 3.8) is 0 Å². The summed E-state index contributed by atoms with van der Waals surface area (Å²) in [4.78, 5) is 2.73. The summed E-state index contributed by atoms with van der Waals surface area (Å²) in [6.45, 7) is 7.83. The SMILES string of the molecule is Cc1cc(C)c(CN2C3CCC2CC(N)C3)c(C)c1. The van der Waals surface area contributed by atoms with E-state index in [1.165, 1.54) is 47.9 Å². The van der Waals surface area contributed by atoms with Gasteiger partial charge in [-0.2, -0.15) is 0 Å². The summed E-state index contributed by atoms with van der Waals surface area (Å²) in [5.41, 5.74) is 12.0. The van der Waals surface area contributed by atoms with Crippen molar-refractivity contribution in [1.82, 2.24) is 4.90 Å². The quantitative estimate of drug-likeness (QED) is 0.883. The van der Waals surface area contributed by atoms with E-state index in [2.05, 4.69) is 37.8 Å². The smallest absolute Gasteiger partial charge is 0.0244 e. The predicted octanol–water partition coefficient (Wildman–Crippen LogP) is 3.07. The highest BCUT2D eigenvalue weighted by Crippen LogP contribution is 2.37. The highest BCUT2D eigenvalue weighted by Gasteiger charge is 2.39. The number of nitrogens with zero attached hydrogens (tertiary/aromatic N) is 1. The number of nitrogens with two attached hydrogens (primary N) is 1. The second-order valence-electron chi connectivity index (χ2n) is 6.67. The summed E-state index contributed by atoms with van der Waals surface area (Å²) < 4.78 is 0. The number of benzene rings is 1. The Hall–Kier alpha value is -0.860. The number of fused-ring (bicyclic) bond motifs is 2. The third-order valence-electron chi connectivity index (χ3n) is 5.10. The number of hydrogen-bond donors (Lipinski definition) is 1. The van der Waals surface area contributed by atoms with Gasteiger partial charge in [0.1, 0.15) is 0 Å². The third kappa shape index (κ3) is 2.44. The van der Waals surface area contributed by atoms with E-state index in [1.807, 2.05) is 0 Å². The zero-order valence-corrected chi connectivity index (χ0v) is 12.4. The molecular weight excluding hydrogens is 232 g/mol. The van der Waals surface area contributed by atoms with Gasteiger partial charge < -0.3 is 5.73 Å². The molecule has 2 heteroatoms. The number of aryl methyl sites for hydroxylation is 3. The van der Waals surface area contributed by atoms with Crippen LogP contribution in [0.2, 0.25) is 0 Å². The molecule has 2 bridgehead atoms. The largest absolute Gasteiger partial charge is 0.328 e. The van der Waals surface area contributed by atoms with E-state index >= 15 is 0 Å². The van der Waals surface area contributed by atoms with Gasteiger partial charge >= 0.3 is 0 Å². The molecule has 2 saturated heterocycles. The van der Waals surface area contributed by atoms with Crippen LogP contribution < -0.4 is 5.73 Å². The van der Waals surface area contributed by atoms with Gasteiger partial charge in [0.2, 0.25) is 0 Å². The lowest BCUT2D eigenvalue weighted by molar-refractivity contribution is 0.119. The fourth-order valence-corrected chi connectivity index (χ4v) is 4.22. The minimum Gasteiger partial charge on any atom is -0.328 e. The zero-order valence-electron chi connectivity index (χ0n) is 12.4. The van der Waals surface area contributed by atoms with Crippen molar-refractivity contribution in [2.24, 2.45) is 5.73 Å². The fraction of sp³-hybridized carbons (Fsp3) is 0.647. The minimum absolute atomic E-state index is 0.439. The summed E-state index contributed by atoms with van der Waals surface area (Å²) >= 11 is 0. The molecule has 2 aliphatic heterocycles. The normalized spacial score (nSPS) is 30.8. The van der Waals surface area contributed by atoms with E-state index in [1.54, 1.807) is 0 Å². The van der Waals surface area contributed by atoms with Gasteiger partial charge in [-0.3, -0.25) is 4.90 Å². The molecule has 0 amide bonds. The van der Waals surface area contributed by atoms with E-state index in [-0.39, 0.29) is 0 Å². The molecule has 0 aromatic heterocycles. The van der Waals surface area contributed by atoms with Gasteiger partial charge in [0, 0.05) is 24.7 Å². The van der Waals surface area contributed by atoms with Crippen molar-refractivity contribution in [3.8, 4) is 0 Å². The second kappa shape index (κ2) is 4.92. The van der Waals surface area contributed by atoms with Crippen molar-refractivity contribution in [2.45, 2.75) is 71.1 Å². The average Bonchev–Trinajstić information content (AvgIpc) is 2.55. The van der Waals surface area contributed by atoms with E-state index in [0.717, 1.165) is 18.6 Å². The summed E-state index contributed by atoms with van der Waals surface area (Å²) in [6.07, 6.45) is 5.09. The molecule has 2 fully saturated rings. The second-order valence-corrected chi connectivity index (χ2v) is 6.67. The predicted molar refractivity (Wildman–Crippen MR) is 80.2 cm³/mol. The Bertz CT molecular complexity index is 443. The Morgan fingerprint density at radius 2 is 1.58 bits per heavy atom. The standard InChI is InChI=1S/C17H26N2/c1-11-6-12(2)17(13(3)7-11)10-19-15-4-5-16(19)9-14(18)8-15/h6-7,14-16H,4-5,8-10,18H2,1-3H3. The van der Waals surface area contributed by atoms with Crippen molar-refractivity contribution in [1.29, 1.82) is 0 Å². The van der Waals surface area contributed by atoms with Crippen molar-refractivity contribution >= 4 is 0 Å². The van der Waals surface area contributed by atoms with E-state index < -0.39 is 0 Å². The van der Waals surface area contributed by atoms with Gasteiger partial charge in [-0.25, -0.2) is 0 Å². The molecule has 1 aromatic carbocycles. The maximum atomic E-state index is 6.16. The average molecular weight is 258 g/mol. The molecule has 2 atom stereocenters. The maximum absolute atomic E-state index is 6.16. The molecule has 0 aliphatic carbocycles. The summed E-state index contributed by atoms with van der Waals surface area (Å²) in [6, 6.07) is 6.54. The van der Waals surface area contributed by atoms with Gasteiger partial charge in [0.25, 0.3) is 0 Å². The molecular formula is C17H26N2. The molecule has 0 radical (unpaired) electrons. The van der Waals surface area contributed by atoms with Crippen LogP contribution in [0.3, 0.4) is 0 Å². The Labute approximate surface area is 117 Å². The van der Waals surface area contributed by atoms with Crippen LogP contribution in [0.1, 0.15) is 47.9 Å². The van der Waals surface area contributed by atoms with Gasteiger partial charge in [-0.05, 0) is 63.1 Å². The topological polar surface area (TPSA) is 29.3 Å². The molecule has 3 rings (SSSR count). The molecule has 0 saturated carbocycles. The van der Waals surface area contributed by atoms with Crippen LogP contribution in [0.5, 0.6) is 0 Å². The van der Waals surface area contributed by atoms with Crippen LogP contribution >= 0.6 is 0 Å². The van der Waals surface area contributed by atoms with Crippen LogP contribution in [0.4, 0.5) is 0 Å². The lowest BCUT2D eigenvalue weighted by Crippen LogP contribution is -2.47. The van der Waals surface area contributed by atoms with Crippen molar-refractivity contribution in [2.75, 3.05) is 0 Å².